The second-order valence-electron chi connectivity index (χ2n) is 5.09. The molecule has 0 aliphatic heterocycles. The van der Waals surface area contributed by atoms with Crippen molar-refractivity contribution in [2.75, 3.05) is 26.8 Å². The molecular weight excluding hydrogens is 250 g/mol. The summed E-state index contributed by atoms with van der Waals surface area (Å²) >= 11 is 0. The van der Waals surface area contributed by atoms with Gasteiger partial charge in [-0.2, -0.15) is 0 Å². The zero-order chi connectivity index (χ0) is 14.2. The van der Waals surface area contributed by atoms with Crippen LogP contribution in [0.25, 0.3) is 0 Å². The van der Waals surface area contributed by atoms with Crippen molar-refractivity contribution >= 4 is 0 Å². The number of rotatable bonds is 8. The molecule has 3 heteroatoms. The molecule has 0 amide bonds. The van der Waals surface area contributed by atoms with E-state index in [1.807, 2.05) is 12.1 Å². The van der Waals surface area contributed by atoms with Gasteiger partial charge in [-0.25, -0.2) is 0 Å². The Morgan fingerprint density at radius 3 is 2.65 bits per heavy atom. The van der Waals surface area contributed by atoms with E-state index in [9.17, 15) is 0 Å². The Labute approximate surface area is 121 Å². The molecule has 0 aliphatic carbocycles. The van der Waals surface area contributed by atoms with Gasteiger partial charge < -0.3 is 14.5 Å². The SMILES string of the molecule is COCCNCC(Cc1ccco1)c1ccc(C)cc1. The highest BCUT2D eigenvalue weighted by Gasteiger charge is 2.13. The van der Waals surface area contributed by atoms with E-state index >= 15 is 0 Å². The third-order valence-corrected chi connectivity index (χ3v) is 3.45. The van der Waals surface area contributed by atoms with E-state index in [0.717, 1.165) is 31.9 Å². The van der Waals surface area contributed by atoms with Crippen molar-refractivity contribution in [3.05, 3.63) is 59.5 Å². The predicted octanol–water partition coefficient (Wildman–Crippen LogP) is 3.15. The summed E-state index contributed by atoms with van der Waals surface area (Å²) in [7, 11) is 1.72. The van der Waals surface area contributed by atoms with Crippen LogP contribution in [0.15, 0.2) is 47.1 Å². The highest BCUT2D eigenvalue weighted by Crippen LogP contribution is 2.21. The minimum atomic E-state index is 0.415. The van der Waals surface area contributed by atoms with Gasteiger partial charge in [0.2, 0.25) is 0 Å². The van der Waals surface area contributed by atoms with Crippen molar-refractivity contribution < 1.29 is 9.15 Å². The van der Waals surface area contributed by atoms with E-state index in [2.05, 4.69) is 36.5 Å². The van der Waals surface area contributed by atoms with Gasteiger partial charge in [-0.05, 0) is 24.6 Å². The Balaban J connectivity index is 2.00. The number of hydrogen-bond acceptors (Lipinski definition) is 3. The maximum Gasteiger partial charge on any atom is 0.104 e. The molecule has 1 aromatic heterocycles. The second kappa shape index (κ2) is 7.88. The summed E-state index contributed by atoms with van der Waals surface area (Å²) in [5.74, 6) is 1.45. The maximum atomic E-state index is 5.48. The molecule has 1 aromatic carbocycles. The summed E-state index contributed by atoms with van der Waals surface area (Å²) in [5.41, 5.74) is 2.63. The van der Waals surface area contributed by atoms with E-state index in [0.29, 0.717) is 5.92 Å². The molecule has 3 nitrogen and oxygen atoms in total. The van der Waals surface area contributed by atoms with Gasteiger partial charge >= 0.3 is 0 Å². The minimum absolute atomic E-state index is 0.415. The first-order valence-corrected chi connectivity index (χ1v) is 7.08. The molecule has 0 radical (unpaired) electrons. The number of aryl methyl sites for hydroxylation is 1. The molecule has 0 saturated heterocycles. The number of hydrogen-bond donors (Lipinski definition) is 1. The van der Waals surface area contributed by atoms with Crippen molar-refractivity contribution in [3.8, 4) is 0 Å². The smallest absolute Gasteiger partial charge is 0.104 e. The summed E-state index contributed by atoms with van der Waals surface area (Å²) in [6.07, 6.45) is 2.65. The largest absolute Gasteiger partial charge is 0.469 e. The third-order valence-electron chi connectivity index (χ3n) is 3.45. The first-order chi connectivity index (χ1) is 9.79. The lowest BCUT2D eigenvalue weighted by Crippen LogP contribution is -2.26. The highest BCUT2D eigenvalue weighted by molar-refractivity contribution is 5.26. The van der Waals surface area contributed by atoms with Crippen LogP contribution in [0, 0.1) is 6.92 Å². The number of ether oxygens (including phenoxy) is 1. The van der Waals surface area contributed by atoms with Gasteiger partial charge in [0.1, 0.15) is 5.76 Å². The normalized spacial score (nSPS) is 12.5. The fraction of sp³-hybridized carbons (Fsp3) is 0.412. The number of furan rings is 1. The van der Waals surface area contributed by atoms with Gasteiger partial charge in [-0.1, -0.05) is 29.8 Å². The Kier molecular flexibility index (Phi) is 5.84. The van der Waals surface area contributed by atoms with Gasteiger partial charge in [-0.15, -0.1) is 0 Å². The molecule has 0 fully saturated rings. The lowest BCUT2D eigenvalue weighted by atomic mass is 9.94. The van der Waals surface area contributed by atoms with Gasteiger partial charge in [0.15, 0.2) is 0 Å². The van der Waals surface area contributed by atoms with Crippen molar-refractivity contribution in [2.24, 2.45) is 0 Å². The van der Waals surface area contributed by atoms with Crippen LogP contribution in [0.1, 0.15) is 22.8 Å². The standard InChI is InChI=1S/C17H23NO2/c1-14-5-7-15(8-6-14)16(13-18-9-11-19-2)12-17-4-3-10-20-17/h3-8,10,16,18H,9,11-13H2,1-2H3. The summed E-state index contributed by atoms with van der Waals surface area (Å²) in [6, 6.07) is 12.7. The fourth-order valence-corrected chi connectivity index (χ4v) is 2.27. The topological polar surface area (TPSA) is 34.4 Å². The maximum absolute atomic E-state index is 5.48. The molecule has 0 saturated carbocycles. The molecular formula is C17H23NO2. The molecule has 1 unspecified atom stereocenters. The van der Waals surface area contributed by atoms with Crippen molar-refractivity contribution in [1.82, 2.24) is 5.32 Å². The average Bonchev–Trinajstić information content (AvgIpc) is 2.96. The molecule has 20 heavy (non-hydrogen) atoms. The number of benzene rings is 1. The molecule has 0 bridgehead atoms. The molecule has 1 atom stereocenters. The number of nitrogens with one attached hydrogen (secondary N) is 1. The lowest BCUT2D eigenvalue weighted by molar-refractivity contribution is 0.199. The Morgan fingerprint density at radius 2 is 2.00 bits per heavy atom. The van der Waals surface area contributed by atoms with Crippen LogP contribution in [0.5, 0.6) is 0 Å². The second-order valence-corrected chi connectivity index (χ2v) is 5.09. The van der Waals surface area contributed by atoms with E-state index in [-0.39, 0.29) is 0 Å². The molecule has 1 N–H and O–H groups in total. The Morgan fingerprint density at radius 1 is 1.20 bits per heavy atom. The molecule has 1 heterocycles. The monoisotopic (exact) mass is 273 g/mol. The van der Waals surface area contributed by atoms with Crippen LogP contribution < -0.4 is 5.32 Å². The van der Waals surface area contributed by atoms with E-state index in [1.165, 1.54) is 11.1 Å². The van der Waals surface area contributed by atoms with Crippen LogP contribution in [0.4, 0.5) is 0 Å². The lowest BCUT2D eigenvalue weighted by Gasteiger charge is -2.17. The van der Waals surface area contributed by atoms with Crippen LogP contribution in [0.2, 0.25) is 0 Å². The van der Waals surface area contributed by atoms with E-state index < -0.39 is 0 Å². The Bertz CT molecular complexity index is 476. The molecule has 2 rings (SSSR count). The highest BCUT2D eigenvalue weighted by atomic mass is 16.5. The zero-order valence-corrected chi connectivity index (χ0v) is 12.3. The summed E-state index contributed by atoms with van der Waals surface area (Å²) in [6.45, 7) is 4.65. The summed E-state index contributed by atoms with van der Waals surface area (Å²) in [5, 5.41) is 3.45. The third kappa shape index (κ3) is 4.51. The summed E-state index contributed by atoms with van der Waals surface area (Å²) < 4.78 is 10.6. The van der Waals surface area contributed by atoms with Gasteiger partial charge in [-0.3, -0.25) is 0 Å². The quantitative estimate of drug-likeness (QED) is 0.750. The first kappa shape index (κ1) is 14.8. The van der Waals surface area contributed by atoms with Gasteiger partial charge in [0.25, 0.3) is 0 Å². The van der Waals surface area contributed by atoms with Gasteiger partial charge in [0.05, 0.1) is 12.9 Å². The first-order valence-electron chi connectivity index (χ1n) is 7.08. The fourth-order valence-electron chi connectivity index (χ4n) is 2.27. The van der Waals surface area contributed by atoms with E-state index in [1.54, 1.807) is 13.4 Å². The van der Waals surface area contributed by atoms with Gasteiger partial charge in [0, 0.05) is 32.5 Å². The predicted molar refractivity (Wildman–Crippen MR) is 81.1 cm³/mol. The molecule has 108 valence electrons. The van der Waals surface area contributed by atoms with Crippen LogP contribution in [-0.2, 0) is 11.2 Å². The molecule has 0 aliphatic rings. The van der Waals surface area contributed by atoms with Crippen LogP contribution in [0.3, 0.4) is 0 Å². The average molecular weight is 273 g/mol. The zero-order valence-electron chi connectivity index (χ0n) is 12.3. The van der Waals surface area contributed by atoms with Crippen molar-refractivity contribution in [3.63, 3.8) is 0 Å². The Hall–Kier alpha value is -1.58. The van der Waals surface area contributed by atoms with Crippen LogP contribution >= 0.6 is 0 Å². The molecule has 2 aromatic rings. The van der Waals surface area contributed by atoms with E-state index in [4.69, 9.17) is 9.15 Å². The van der Waals surface area contributed by atoms with Crippen LogP contribution in [-0.4, -0.2) is 26.8 Å². The van der Waals surface area contributed by atoms with Crippen molar-refractivity contribution in [2.45, 2.75) is 19.3 Å². The number of methoxy groups -OCH3 is 1. The van der Waals surface area contributed by atoms with Crippen molar-refractivity contribution in [1.29, 1.82) is 0 Å². The molecule has 0 spiro atoms. The summed E-state index contributed by atoms with van der Waals surface area (Å²) in [4.78, 5) is 0. The minimum Gasteiger partial charge on any atom is -0.469 e.